The van der Waals surface area contributed by atoms with E-state index in [1.807, 2.05) is 0 Å². The quantitative estimate of drug-likeness (QED) is 0.157. The minimum Gasteiger partial charge on any atom is -0.309 e. The predicted molar refractivity (Wildman–Crippen MR) is 256 cm³/mol. The van der Waals surface area contributed by atoms with Gasteiger partial charge in [0, 0.05) is 44.3 Å². The fourth-order valence-corrected chi connectivity index (χ4v) is 9.93. The normalized spacial score (nSPS) is 12.1. The molecule has 1 aliphatic rings. The highest BCUT2D eigenvalue weighted by atomic mass is 15.2. The van der Waals surface area contributed by atoms with E-state index < -0.39 is 0 Å². The van der Waals surface area contributed by atoms with Crippen LogP contribution in [0.5, 0.6) is 0 Å². The number of para-hydroxylation sites is 4. The summed E-state index contributed by atoms with van der Waals surface area (Å²) in [6.07, 6.45) is 2.13. The molecule has 0 spiro atoms. The first kappa shape index (κ1) is 35.1. The van der Waals surface area contributed by atoms with E-state index in [4.69, 9.17) is 0 Å². The van der Waals surface area contributed by atoms with Gasteiger partial charge >= 0.3 is 0 Å². The standard InChI is InChI=1S/C58H41N3/c1-3-16-42(17-4-1)47-21-9-12-25-52(47)60(56-29-15-28-55-57(56)51-24-11-14-27-54(51)59(55)44-19-5-2-6-20-44)45-35-30-40(31-36-45)41-32-37-46(38-33-41)61-53-26-13-10-23-49(53)50-39-34-43-18-7-8-22-48(43)58(50)61/h1-33,35-38H,34,39H2. The number of anilines is 3. The Hall–Kier alpha value is -7.88. The number of hydrogen-bond acceptors (Lipinski definition) is 1. The third kappa shape index (κ3) is 5.73. The minimum absolute atomic E-state index is 1.06. The van der Waals surface area contributed by atoms with E-state index in [0.29, 0.717) is 0 Å². The first-order valence-corrected chi connectivity index (χ1v) is 21.2. The van der Waals surface area contributed by atoms with Crippen LogP contribution in [0, 0.1) is 0 Å². The molecule has 0 radical (unpaired) electrons. The molecule has 0 atom stereocenters. The summed E-state index contributed by atoms with van der Waals surface area (Å²) in [6.45, 7) is 0. The topological polar surface area (TPSA) is 13.1 Å². The highest BCUT2D eigenvalue weighted by Crippen LogP contribution is 2.47. The maximum Gasteiger partial charge on any atom is 0.0575 e. The molecular formula is C58H41N3. The molecule has 9 aromatic carbocycles. The van der Waals surface area contributed by atoms with Crippen LogP contribution in [0.2, 0.25) is 0 Å². The fraction of sp³-hybridized carbons (Fsp3) is 0.0345. The van der Waals surface area contributed by atoms with E-state index in [-0.39, 0.29) is 0 Å². The third-order valence-corrected chi connectivity index (χ3v) is 12.6. The van der Waals surface area contributed by atoms with Gasteiger partial charge in [-0.25, -0.2) is 0 Å². The lowest BCUT2D eigenvalue weighted by atomic mass is 9.89. The van der Waals surface area contributed by atoms with Gasteiger partial charge in [-0.05, 0) is 107 Å². The lowest BCUT2D eigenvalue weighted by Crippen LogP contribution is -2.11. The smallest absolute Gasteiger partial charge is 0.0575 e. The fourth-order valence-electron chi connectivity index (χ4n) is 9.93. The molecule has 0 fully saturated rings. The predicted octanol–water partition coefficient (Wildman–Crippen LogP) is 15.3. The number of benzene rings is 9. The van der Waals surface area contributed by atoms with E-state index in [2.05, 4.69) is 238 Å². The Morgan fingerprint density at radius 2 is 0.902 bits per heavy atom. The van der Waals surface area contributed by atoms with Crippen LogP contribution < -0.4 is 4.90 Å². The molecule has 0 unspecified atom stereocenters. The number of hydrogen-bond donors (Lipinski definition) is 0. The van der Waals surface area contributed by atoms with E-state index >= 15 is 0 Å². The Bertz CT molecular complexity index is 3390. The van der Waals surface area contributed by atoms with Crippen molar-refractivity contribution in [1.29, 1.82) is 0 Å². The van der Waals surface area contributed by atoms with Crippen molar-refractivity contribution in [1.82, 2.24) is 9.13 Å². The first-order chi connectivity index (χ1) is 30.3. The van der Waals surface area contributed by atoms with Crippen LogP contribution in [0.15, 0.2) is 224 Å². The van der Waals surface area contributed by atoms with Crippen molar-refractivity contribution in [3.05, 3.63) is 236 Å². The van der Waals surface area contributed by atoms with Crippen LogP contribution in [-0.2, 0) is 12.8 Å². The lowest BCUT2D eigenvalue weighted by molar-refractivity contribution is 0.934. The van der Waals surface area contributed by atoms with Crippen molar-refractivity contribution >= 4 is 49.8 Å². The number of rotatable bonds is 7. The van der Waals surface area contributed by atoms with Crippen LogP contribution >= 0.6 is 0 Å². The molecule has 0 saturated heterocycles. The molecule has 0 N–H and O–H groups in total. The Labute approximate surface area is 355 Å². The molecule has 0 bridgehead atoms. The third-order valence-electron chi connectivity index (χ3n) is 12.6. The van der Waals surface area contributed by atoms with Crippen LogP contribution in [0.4, 0.5) is 17.1 Å². The van der Waals surface area contributed by atoms with Gasteiger partial charge in [0.2, 0.25) is 0 Å². The largest absolute Gasteiger partial charge is 0.309 e. The van der Waals surface area contributed by atoms with Crippen molar-refractivity contribution in [2.24, 2.45) is 0 Å². The molecule has 3 nitrogen and oxygen atoms in total. The first-order valence-electron chi connectivity index (χ1n) is 21.2. The van der Waals surface area contributed by atoms with E-state index in [1.54, 1.807) is 0 Å². The summed E-state index contributed by atoms with van der Waals surface area (Å²) in [6, 6.07) is 81.9. The van der Waals surface area contributed by atoms with E-state index in [1.165, 1.54) is 83.0 Å². The molecule has 11 aromatic rings. The summed E-state index contributed by atoms with van der Waals surface area (Å²) in [5.74, 6) is 0. The van der Waals surface area contributed by atoms with Gasteiger partial charge in [-0.1, -0.05) is 158 Å². The number of nitrogens with zero attached hydrogens (tertiary/aromatic N) is 3. The zero-order valence-electron chi connectivity index (χ0n) is 33.6. The number of fused-ring (bicyclic) bond motifs is 8. The van der Waals surface area contributed by atoms with Crippen molar-refractivity contribution in [2.45, 2.75) is 12.8 Å². The summed E-state index contributed by atoms with van der Waals surface area (Å²) >= 11 is 0. The summed E-state index contributed by atoms with van der Waals surface area (Å²) < 4.78 is 4.88. The van der Waals surface area contributed by atoms with Gasteiger partial charge in [0.15, 0.2) is 0 Å². The Balaban J connectivity index is 0.994. The number of aromatic nitrogens is 2. The maximum atomic E-state index is 2.48. The molecule has 0 amide bonds. The van der Waals surface area contributed by atoms with Crippen molar-refractivity contribution in [2.75, 3.05) is 4.90 Å². The molecule has 0 aliphatic heterocycles. The van der Waals surface area contributed by atoms with Gasteiger partial charge in [0.1, 0.15) is 0 Å². The lowest BCUT2D eigenvalue weighted by Gasteiger charge is -2.29. The van der Waals surface area contributed by atoms with Crippen LogP contribution in [0.3, 0.4) is 0 Å². The molecule has 288 valence electrons. The van der Waals surface area contributed by atoms with E-state index in [9.17, 15) is 0 Å². The summed E-state index contributed by atoms with van der Waals surface area (Å²) in [5, 5.41) is 3.79. The summed E-state index contributed by atoms with van der Waals surface area (Å²) in [5.41, 5.74) is 19.6. The van der Waals surface area contributed by atoms with Gasteiger partial charge in [0.25, 0.3) is 0 Å². The van der Waals surface area contributed by atoms with Crippen molar-refractivity contribution in [3.8, 4) is 44.9 Å². The van der Waals surface area contributed by atoms with Gasteiger partial charge in [-0.15, -0.1) is 0 Å². The van der Waals surface area contributed by atoms with Crippen molar-refractivity contribution in [3.63, 3.8) is 0 Å². The molecule has 3 heteroatoms. The van der Waals surface area contributed by atoms with Crippen LogP contribution in [0.25, 0.3) is 77.6 Å². The van der Waals surface area contributed by atoms with E-state index in [0.717, 1.165) is 35.6 Å². The second-order valence-corrected chi connectivity index (χ2v) is 16.0. The zero-order chi connectivity index (χ0) is 40.3. The maximum absolute atomic E-state index is 2.48. The van der Waals surface area contributed by atoms with Gasteiger partial charge in [-0.3, -0.25) is 0 Å². The van der Waals surface area contributed by atoms with Crippen molar-refractivity contribution < 1.29 is 0 Å². The Morgan fingerprint density at radius 1 is 0.344 bits per heavy atom. The molecule has 1 aliphatic carbocycles. The van der Waals surface area contributed by atoms with Gasteiger partial charge in [0.05, 0.1) is 33.6 Å². The average Bonchev–Trinajstić information content (AvgIpc) is 3.87. The van der Waals surface area contributed by atoms with Gasteiger partial charge in [-0.2, -0.15) is 0 Å². The Kier molecular flexibility index (Phi) is 8.31. The molecule has 2 aromatic heterocycles. The Morgan fingerprint density at radius 3 is 1.67 bits per heavy atom. The molecule has 0 saturated carbocycles. The molecule has 61 heavy (non-hydrogen) atoms. The van der Waals surface area contributed by atoms with Crippen LogP contribution in [-0.4, -0.2) is 9.13 Å². The van der Waals surface area contributed by atoms with Gasteiger partial charge < -0.3 is 14.0 Å². The highest BCUT2D eigenvalue weighted by molar-refractivity contribution is 6.17. The minimum atomic E-state index is 1.06. The molecular weight excluding hydrogens is 739 g/mol. The zero-order valence-corrected chi connectivity index (χ0v) is 33.6. The van der Waals surface area contributed by atoms with Crippen LogP contribution in [0.1, 0.15) is 11.1 Å². The SMILES string of the molecule is c1ccc(-c2ccccc2N(c2ccc(-c3ccc(-n4c5c(c6ccccc64)CCc4ccccc4-5)cc3)cc2)c2cccc3c2c2ccccc2n3-c2ccccc2)cc1. The molecule has 2 heterocycles. The second kappa shape index (κ2) is 14.4. The summed E-state index contributed by atoms with van der Waals surface area (Å²) in [7, 11) is 0. The number of aryl methyl sites for hydroxylation is 2. The highest BCUT2D eigenvalue weighted by Gasteiger charge is 2.26. The average molecular weight is 780 g/mol. The molecule has 12 rings (SSSR count). The monoisotopic (exact) mass is 779 g/mol. The summed E-state index contributed by atoms with van der Waals surface area (Å²) in [4.78, 5) is 2.46. The second-order valence-electron chi connectivity index (χ2n) is 16.0.